The molecule has 5 heteroatoms. The highest BCUT2D eigenvalue weighted by Crippen LogP contribution is 2.36. The lowest BCUT2D eigenvalue weighted by Gasteiger charge is -2.26. The van der Waals surface area contributed by atoms with Crippen LogP contribution >= 0.6 is 0 Å². The van der Waals surface area contributed by atoms with Gasteiger partial charge in [0, 0.05) is 13.0 Å². The summed E-state index contributed by atoms with van der Waals surface area (Å²) < 4.78 is 26.7. The third-order valence-corrected chi connectivity index (χ3v) is 6.21. The minimum Gasteiger partial charge on any atom is -0.212 e. The lowest BCUT2D eigenvalue weighted by molar-refractivity contribution is 0.395. The Bertz CT molecular complexity index is 647. The van der Waals surface area contributed by atoms with Crippen LogP contribution in [0.25, 0.3) is 0 Å². The van der Waals surface area contributed by atoms with Gasteiger partial charge in [0.05, 0.1) is 17.9 Å². The first-order valence-corrected chi connectivity index (χ1v) is 9.01. The maximum Gasteiger partial charge on any atom is 0.214 e. The zero-order valence-electron chi connectivity index (χ0n) is 12.7. The van der Waals surface area contributed by atoms with Crippen molar-refractivity contribution in [3.05, 3.63) is 34.9 Å². The van der Waals surface area contributed by atoms with E-state index in [1.807, 2.05) is 18.2 Å². The molecular formula is C16H22N2O2S. The van der Waals surface area contributed by atoms with Gasteiger partial charge in [-0.05, 0) is 49.8 Å². The van der Waals surface area contributed by atoms with E-state index in [-0.39, 0.29) is 11.8 Å². The first-order chi connectivity index (χ1) is 9.97. The van der Waals surface area contributed by atoms with Crippen LogP contribution in [0.2, 0.25) is 0 Å². The van der Waals surface area contributed by atoms with E-state index >= 15 is 0 Å². The van der Waals surface area contributed by atoms with Crippen molar-refractivity contribution in [3.8, 4) is 6.07 Å². The van der Waals surface area contributed by atoms with Crippen LogP contribution in [0.4, 0.5) is 0 Å². The minimum absolute atomic E-state index is 0.0445. The first-order valence-electron chi connectivity index (χ1n) is 7.40. The van der Waals surface area contributed by atoms with Crippen molar-refractivity contribution >= 4 is 10.0 Å². The summed E-state index contributed by atoms with van der Waals surface area (Å²) in [4.78, 5) is 0. The van der Waals surface area contributed by atoms with E-state index in [1.54, 1.807) is 4.31 Å². The van der Waals surface area contributed by atoms with Gasteiger partial charge in [-0.25, -0.2) is 8.42 Å². The van der Waals surface area contributed by atoms with Gasteiger partial charge in [-0.2, -0.15) is 9.57 Å². The van der Waals surface area contributed by atoms with Gasteiger partial charge >= 0.3 is 0 Å². The predicted molar refractivity (Wildman–Crippen MR) is 83.2 cm³/mol. The molecule has 1 heterocycles. The monoisotopic (exact) mass is 306 g/mol. The topological polar surface area (TPSA) is 61.2 Å². The van der Waals surface area contributed by atoms with Crippen LogP contribution < -0.4 is 0 Å². The van der Waals surface area contributed by atoms with Crippen LogP contribution in [-0.4, -0.2) is 25.0 Å². The molecule has 0 radical (unpaired) electrons. The molecule has 0 aromatic heterocycles. The molecule has 0 aliphatic carbocycles. The summed E-state index contributed by atoms with van der Waals surface area (Å²) in [6.07, 6.45) is 2.48. The molecular weight excluding hydrogens is 284 g/mol. The average Bonchev–Trinajstić information content (AvgIpc) is 2.92. The van der Waals surface area contributed by atoms with E-state index in [4.69, 9.17) is 5.26 Å². The van der Waals surface area contributed by atoms with Gasteiger partial charge in [-0.3, -0.25) is 0 Å². The zero-order valence-corrected chi connectivity index (χ0v) is 13.5. The molecule has 1 aliphatic rings. The first kappa shape index (κ1) is 16.0. The summed E-state index contributed by atoms with van der Waals surface area (Å²) in [6.45, 7) is 4.70. The molecule has 114 valence electrons. The Morgan fingerprint density at radius 1 is 1.38 bits per heavy atom. The highest BCUT2D eigenvalue weighted by molar-refractivity contribution is 7.89. The van der Waals surface area contributed by atoms with Crippen molar-refractivity contribution in [2.75, 3.05) is 12.3 Å². The normalized spacial score (nSPS) is 19.6. The molecule has 1 atom stereocenters. The summed E-state index contributed by atoms with van der Waals surface area (Å²) in [5, 5.41) is 8.57. The number of benzene rings is 1. The molecule has 1 aromatic carbocycles. The fourth-order valence-corrected chi connectivity index (χ4v) is 4.73. The van der Waals surface area contributed by atoms with Crippen molar-refractivity contribution in [3.63, 3.8) is 0 Å². The molecule has 0 saturated carbocycles. The molecule has 0 bridgehead atoms. The Morgan fingerprint density at radius 3 is 2.86 bits per heavy atom. The molecule has 1 aromatic rings. The van der Waals surface area contributed by atoms with E-state index in [0.29, 0.717) is 19.4 Å². The average molecular weight is 306 g/mol. The van der Waals surface area contributed by atoms with Gasteiger partial charge < -0.3 is 0 Å². The Labute approximate surface area is 127 Å². The van der Waals surface area contributed by atoms with E-state index in [1.165, 1.54) is 11.1 Å². The quantitative estimate of drug-likeness (QED) is 0.785. The SMILES string of the molecule is Cc1cccc([C@@H]2CCCN2S(=O)(=O)CCCC#N)c1C. The second-order valence-corrected chi connectivity index (χ2v) is 7.68. The molecule has 0 amide bonds. The summed E-state index contributed by atoms with van der Waals surface area (Å²) in [5.74, 6) is 0.0714. The van der Waals surface area contributed by atoms with Gasteiger partial charge in [-0.15, -0.1) is 0 Å². The Kier molecular flexibility index (Phi) is 5.02. The number of nitrogens with zero attached hydrogens (tertiary/aromatic N) is 2. The van der Waals surface area contributed by atoms with E-state index in [0.717, 1.165) is 18.4 Å². The van der Waals surface area contributed by atoms with Crippen LogP contribution in [0.5, 0.6) is 0 Å². The molecule has 2 rings (SSSR count). The molecule has 0 N–H and O–H groups in total. The molecule has 1 saturated heterocycles. The maximum absolute atomic E-state index is 12.5. The highest BCUT2D eigenvalue weighted by Gasteiger charge is 2.35. The van der Waals surface area contributed by atoms with Crippen molar-refractivity contribution in [2.45, 2.75) is 45.6 Å². The molecule has 1 aliphatic heterocycles. The Balaban J connectivity index is 2.25. The number of unbranched alkanes of at least 4 members (excludes halogenated alkanes) is 1. The van der Waals surface area contributed by atoms with Gasteiger partial charge in [0.25, 0.3) is 0 Å². The third-order valence-electron chi connectivity index (χ3n) is 4.26. The van der Waals surface area contributed by atoms with Crippen molar-refractivity contribution in [2.24, 2.45) is 0 Å². The molecule has 0 spiro atoms. The van der Waals surface area contributed by atoms with Crippen molar-refractivity contribution < 1.29 is 8.42 Å². The summed E-state index contributed by atoms with van der Waals surface area (Å²) in [5.41, 5.74) is 3.50. The highest BCUT2D eigenvalue weighted by atomic mass is 32.2. The van der Waals surface area contributed by atoms with E-state index in [2.05, 4.69) is 19.9 Å². The maximum atomic E-state index is 12.5. The van der Waals surface area contributed by atoms with Gasteiger partial charge in [0.1, 0.15) is 0 Å². The molecule has 0 unspecified atom stereocenters. The number of nitriles is 1. The molecule has 21 heavy (non-hydrogen) atoms. The lowest BCUT2D eigenvalue weighted by atomic mass is 9.97. The second kappa shape index (κ2) is 6.59. The largest absolute Gasteiger partial charge is 0.214 e. The van der Waals surface area contributed by atoms with Crippen molar-refractivity contribution in [1.82, 2.24) is 4.31 Å². The minimum atomic E-state index is -3.28. The van der Waals surface area contributed by atoms with Gasteiger partial charge in [0.2, 0.25) is 10.0 Å². The lowest BCUT2D eigenvalue weighted by Crippen LogP contribution is -2.33. The van der Waals surface area contributed by atoms with E-state index < -0.39 is 10.0 Å². The fraction of sp³-hybridized carbons (Fsp3) is 0.562. The fourth-order valence-electron chi connectivity index (χ4n) is 2.97. The molecule has 1 fully saturated rings. The predicted octanol–water partition coefficient (Wildman–Crippen LogP) is 3.07. The standard InChI is InChI=1S/C16H22N2O2S/c1-13-7-5-8-15(14(13)2)16-9-6-11-18(16)21(19,20)12-4-3-10-17/h5,7-8,16H,3-4,6,9,11-12H2,1-2H3/t16-/m0/s1. The second-order valence-electron chi connectivity index (χ2n) is 5.64. The zero-order chi connectivity index (χ0) is 15.5. The smallest absolute Gasteiger partial charge is 0.212 e. The van der Waals surface area contributed by atoms with Crippen LogP contribution in [0.1, 0.15) is 48.4 Å². The Morgan fingerprint density at radius 2 is 2.14 bits per heavy atom. The number of hydrogen-bond donors (Lipinski definition) is 0. The number of aryl methyl sites for hydroxylation is 1. The summed E-state index contributed by atoms with van der Waals surface area (Å²) in [6, 6.07) is 8.05. The van der Waals surface area contributed by atoms with Gasteiger partial charge in [-0.1, -0.05) is 18.2 Å². The number of rotatable bonds is 5. The van der Waals surface area contributed by atoms with Crippen molar-refractivity contribution in [1.29, 1.82) is 5.26 Å². The third kappa shape index (κ3) is 3.45. The summed E-state index contributed by atoms with van der Waals surface area (Å²) in [7, 11) is -3.28. The van der Waals surface area contributed by atoms with Gasteiger partial charge in [0.15, 0.2) is 0 Å². The van der Waals surface area contributed by atoms with Crippen LogP contribution in [0.3, 0.4) is 0 Å². The van der Waals surface area contributed by atoms with E-state index in [9.17, 15) is 8.42 Å². The molecule has 4 nitrogen and oxygen atoms in total. The van der Waals surface area contributed by atoms with Crippen LogP contribution in [0.15, 0.2) is 18.2 Å². The number of sulfonamides is 1. The van der Waals surface area contributed by atoms with Crippen LogP contribution in [0, 0.1) is 25.2 Å². The number of hydrogen-bond acceptors (Lipinski definition) is 3. The Hall–Kier alpha value is -1.38. The van der Waals surface area contributed by atoms with Crippen LogP contribution in [-0.2, 0) is 10.0 Å². The summed E-state index contributed by atoms with van der Waals surface area (Å²) >= 11 is 0.